The molecule has 1 rings (SSSR count). The lowest BCUT2D eigenvalue weighted by Gasteiger charge is -2.19. The van der Waals surface area contributed by atoms with Gasteiger partial charge >= 0.3 is 0 Å². The van der Waals surface area contributed by atoms with Gasteiger partial charge < -0.3 is 5.32 Å². The molecule has 2 heteroatoms. The summed E-state index contributed by atoms with van der Waals surface area (Å²) in [5.74, 6) is 1.32. The molecule has 0 spiro atoms. The molecule has 1 fully saturated rings. The van der Waals surface area contributed by atoms with Crippen molar-refractivity contribution in [3.63, 3.8) is 0 Å². The van der Waals surface area contributed by atoms with E-state index in [1.807, 2.05) is 6.08 Å². The van der Waals surface area contributed by atoms with Gasteiger partial charge in [-0.15, -0.1) is 6.58 Å². The topological polar surface area (TPSA) is 12.0 Å². The normalized spacial score (nSPS) is 18.1. The van der Waals surface area contributed by atoms with E-state index >= 15 is 0 Å². The molecule has 18 heavy (non-hydrogen) atoms. The molecule has 1 saturated carbocycles. The Bertz CT molecular complexity index is 199. The third-order valence-electron chi connectivity index (χ3n) is 3.79. The van der Waals surface area contributed by atoms with Crippen LogP contribution in [0.15, 0.2) is 12.7 Å². The largest absolute Gasteiger partial charge is 0.313 e. The fourth-order valence-corrected chi connectivity index (χ4v) is 4.15. The number of unbranched alkanes of at least 4 members (excludes halogenated alkanes) is 3. The molecule has 1 aliphatic rings. The van der Waals surface area contributed by atoms with Crippen molar-refractivity contribution in [3.05, 3.63) is 12.7 Å². The monoisotopic (exact) mass is 269 g/mol. The molecule has 1 nitrogen and oxygen atoms in total. The maximum absolute atomic E-state index is 3.78. The molecule has 1 aliphatic carbocycles. The molecule has 0 aromatic carbocycles. The van der Waals surface area contributed by atoms with Gasteiger partial charge in [-0.05, 0) is 38.6 Å². The molecule has 0 aromatic heterocycles. The average molecular weight is 269 g/mol. The molecule has 0 saturated heterocycles. The van der Waals surface area contributed by atoms with Crippen molar-refractivity contribution in [2.45, 2.75) is 76.0 Å². The van der Waals surface area contributed by atoms with Crippen LogP contribution >= 0.6 is 11.8 Å². The minimum atomic E-state index is 0.740. The van der Waals surface area contributed by atoms with Gasteiger partial charge in [-0.2, -0.15) is 11.8 Å². The number of nitrogens with one attached hydrogen (secondary N) is 1. The maximum Gasteiger partial charge on any atom is 0.0158 e. The lowest BCUT2D eigenvalue weighted by Crippen LogP contribution is -2.31. The summed E-state index contributed by atoms with van der Waals surface area (Å²) in [6.07, 6.45) is 14.5. The van der Waals surface area contributed by atoms with Crippen LogP contribution in [0, 0.1) is 0 Å². The SMILES string of the molecule is C=CCCCCCC(CSC1CCCC1)NCC. The molecular weight excluding hydrogens is 238 g/mol. The minimum absolute atomic E-state index is 0.740. The molecule has 0 aliphatic heterocycles. The van der Waals surface area contributed by atoms with E-state index in [9.17, 15) is 0 Å². The van der Waals surface area contributed by atoms with E-state index in [2.05, 4.69) is 30.6 Å². The Morgan fingerprint density at radius 2 is 2.06 bits per heavy atom. The molecular formula is C16H31NS. The van der Waals surface area contributed by atoms with Crippen LogP contribution in [-0.4, -0.2) is 23.6 Å². The second-order valence-corrected chi connectivity index (χ2v) is 6.75. The molecule has 0 aromatic rings. The highest BCUT2D eigenvalue weighted by Gasteiger charge is 2.17. The van der Waals surface area contributed by atoms with Gasteiger partial charge in [0.25, 0.3) is 0 Å². The van der Waals surface area contributed by atoms with Crippen molar-refractivity contribution < 1.29 is 0 Å². The summed E-state index contributed by atoms with van der Waals surface area (Å²) < 4.78 is 0. The summed E-state index contributed by atoms with van der Waals surface area (Å²) in [5.41, 5.74) is 0. The van der Waals surface area contributed by atoms with Gasteiger partial charge in [0, 0.05) is 17.0 Å². The van der Waals surface area contributed by atoms with Crippen LogP contribution in [0.4, 0.5) is 0 Å². The van der Waals surface area contributed by atoms with Crippen molar-refractivity contribution in [2.75, 3.05) is 12.3 Å². The second kappa shape index (κ2) is 10.9. The number of hydrogen-bond acceptors (Lipinski definition) is 2. The highest BCUT2D eigenvalue weighted by Crippen LogP contribution is 2.30. The van der Waals surface area contributed by atoms with E-state index in [0.29, 0.717) is 0 Å². The summed E-state index contributed by atoms with van der Waals surface area (Å²) in [7, 11) is 0. The molecule has 0 heterocycles. The Labute approximate surface area is 118 Å². The fourth-order valence-electron chi connectivity index (χ4n) is 2.70. The smallest absolute Gasteiger partial charge is 0.0158 e. The van der Waals surface area contributed by atoms with Gasteiger partial charge in [0.15, 0.2) is 0 Å². The third kappa shape index (κ3) is 7.48. The number of rotatable bonds is 11. The highest BCUT2D eigenvalue weighted by atomic mass is 32.2. The van der Waals surface area contributed by atoms with Crippen molar-refractivity contribution >= 4 is 11.8 Å². The Morgan fingerprint density at radius 1 is 1.28 bits per heavy atom. The Kier molecular flexibility index (Phi) is 9.78. The van der Waals surface area contributed by atoms with Crippen molar-refractivity contribution in [1.29, 1.82) is 0 Å². The predicted molar refractivity (Wildman–Crippen MR) is 85.5 cm³/mol. The first-order chi connectivity index (χ1) is 8.86. The maximum atomic E-state index is 3.78. The van der Waals surface area contributed by atoms with Gasteiger partial charge in [0.1, 0.15) is 0 Å². The lowest BCUT2D eigenvalue weighted by atomic mass is 10.1. The number of thioether (sulfide) groups is 1. The van der Waals surface area contributed by atoms with Crippen LogP contribution in [0.25, 0.3) is 0 Å². The van der Waals surface area contributed by atoms with Gasteiger partial charge in [0.05, 0.1) is 0 Å². The molecule has 0 radical (unpaired) electrons. The van der Waals surface area contributed by atoms with Crippen molar-refractivity contribution in [1.82, 2.24) is 5.32 Å². The van der Waals surface area contributed by atoms with Crippen LogP contribution in [0.1, 0.15) is 64.7 Å². The molecule has 1 N–H and O–H groups in total. The number of allylic oxidation sites excluding steroid dienone is 1. The molecule has 1 unspecified atom stereocenters. The molecule has 1 atom stereocenters. The summed E-state index contributed by atoms with van der Waals surface area (Å²) in [6, 6.07) is 0.740. The van der Waals surface area contributed by atoms with E-state index in [1.165, 1.54) is 63.5 Å². The van der Waals surface area contributed by atoms with Gasteiger partial charge in [-0.1, -0.05) is 38.7 Å². The summed E-state index contributed by atoms with van der Waals surface area (Å²) in [6.45, 7) is 7.12. The minimum Gasteiger partial charge on any atom is -0.313 e. The number of hydrogen-bond donors (Lipinski definition) is 1. The van der Waals surface area contributed by atoms with Gasteiger partial charge in [-0.3, -0.25) is 0 Å². The standard InChI is InChI=1S/C16H31NS/c1-3-5-6-7-8-11-15(17-4-2)14-18-16-12-9-10-13-16/h3,15-17H,1,4-14H2,2H3. The van der Waals surface area contributed by atoms with Crippen LogP contribution < -0.4 is 5.32 Å². The fraction of sp³-hybridized carbons (Fsp3) is 0.875. The summed E-state index contributed by atoms with van der Waals surface area (Å²) >= 11 is 2.22. The molecule has 0 bridgehead atoms. The first-order valence-electron chi connectivity index (χ1n) is 7.82. The zero-order valence-electron chi connectivity index (χ0n) is 12.1. The quantitative estimate of drug-likeness (QED) is 0.428. The van der Waals surface area contributed by atoms with Gasteiger partial charge in [-0.25, -0.2) is 0 Å². The van der Waals surface area contributed by atoms with Crippen LogP contribution in [-0.2, 0) is 0 Å². The first kappa shape index (κ1) is 16.1. The Balaban J connectivity index is 2.07. The van der Waals surface area contributed by atoms with Crippen molar-refractivity contribution in [2.24, 2.45) is 0 Å². The van der Waals surface area contributed by atoms with Crippen LogP contribution in [0.5, 0.6) is 0 Å². The van der Waals surface area contributed by atoms with Crippen LogP contribution in [0.2, 0.25) is 0 Å². The van der Waals surface area contributed by atoms with E-state index in [-0.39, 0.29) is 0 Å². The molecule has 106 valence electrons. The molecule has 0 amide bonds. The first-order valence-corrected chi connectivity index (χ1v) is 8.87. The van der Waals surface area contributed by atoms with E-state index in [1.54, 1.807) is 0 Å². The lowest BCUT2D eigenvalue weighted by molar-refractivity contribution is 0.502. The Hall–Kier alpha value is 0.0500. The summed E-state index contributed by atoms with van der Waals surface area (Å²) in [4.78, 5) is 0. The third-order valence-corrected chi connectivity index (χ3v) is 5.33. The van der Waals surface area contributed by atoms with E-state index in [4.69, 9.17) is 0 Å². The zero-order valence-corrected chi connectivity index (χ0v) is 12.9. The van der Waals surface area contributed by atoms with Crippen LogP contribution in [0.3, 0.4) is 0 Å². The van der Waals surface area contributed by atoms with E-state index < -0.39 is 0 Å². The Morgan fingerprint density at radius 3 is 2.72 bits per heavy atom. The highest BCUT2D eigenvalue weighted by molar-refractivity contribution is 7.99. The van der Waals surface area contributed by atoms with Crippen molar-refractivity contribution in [3.8, 4) is 0 Å². The second-order valence-electron chi connectivity index (χ2n) is 5.42. The average Bonchev–Trinajstić information content (AvgIpc) is 2.88. The summed E-state index contributed by atoms with van der Waals surface area (Å²) in [5, 5.41) is 4.62. The van der Waals surface area contributed by atoms with Gasteiger partial charge in [0.2, 0.25) is 0 Å². The zero-order chi connectivity index (χ0) is 13.1. The van der Waals surface area contributed by atoms with E-state index in [0.717, 1.165) is 17.8 Å². The predicted octanol–water partition coefficient (Wildman–Crippen LogP) is 4.78.